The molecule has 0 atom stereocenters. The van der Waals surface area contributed by atoms with Gasteiger partial charge in [-0.05, 0) is 0 Å². The predicted octanol–water partition coefficient (Wildman–Crippen LogP) is 2.23. The maximum absolute atomic E-state index is 11.4. The number of benzene rings is 1. The van der Waals surface area contributed by atoms with Gasteiger partial charge in [-0.25, -0.2) is 14.1 Å². The Morgan fingerprint density at radius 3 is 2.59 bits per heavy atom. The van der Waals surface area contributed by atoms with Crippen LogP contribution in [0.1, 0.15) is 5.82 Å². The van der Waals surface area contributed by atoms with Gasteiger partial charge in [-0.15, -0.1) is 0 Å². The van der Waals surface area contributed by atoms with Crippen molar-refractivity contribution >= 4 is 45.1 Å². The number of morpholine rings is 1. The number of fused-ring (bicyclic) bond motifs is 3. The molecule has 3 aromatic rings. The molecule has 0 saturated carbocycles. The van der Waals surface area contributed by atoms with Gasteiger partial charge in [0.1, 0.15) is 22.4 Å². The van der Waals surface area contributed by atoms with Crippen molar-refractivity contribution in [3.63, 3.8) is 0 Å². The number of non-ortho nitro benzene ring substituents is 2. The molecule has 0 amide bonds. The lowest BCUT2D eigenvalue weighted by Crippen LogP contribution is -2.36. The Hall–Kier alpha value is -2.89. The third kappa shape index (κ3) is 3.05. The molecule has 1 aliphatic rings. The molecule has 2 aromatic heterocycles. The number of ether oxygens (including phenoxy) is 1. The van der Waals surface area contributed by atoms with E-state index in [1.54, 1.807) is 0 Å². The number of nitro groups is 2. The van der Waals surface area contributed by atoms with Crippen LogP contribution >= 0.6 is 11.8 Å². The second-order valence-corrected chi connectivity index (χ2v) is 6.40. The standard InChI is InChI=1S/C15H13ClN6O5/c16-20-12-7-17-13(8-19-1-3-27-4-2-19)18-14(12)10-5-9(21(23)24)6-11(15(10)20)22(25)26/h5-7H,1-4,8H2. The van der Waals surface area contributed by atoms with E-state index in [1.807, 2.05) is 0 Å². The molecule has 0 aliphatic carbocycles. The van der Waals surface area contributed by atoms with Gasteiger partial charge < -0.3 is 4.74 Å². The first-order valence-electron chi connectivity index (χ1n) is 8.05. The molecule has 11 nitrogen and oxygen atoms in total. The van der Waals surface area contributed by atoms with Crippen molar-refractivity contribution in [2.45, 2.75) is 6.54 Å². The third-order valence-electron chi connectivity index (χ3n) is 4.43. The van der Waals surface area contributed by atoms with E-state index in [0.717, 1.165) is 23.2 Å². The fourth-order valence-corrected chi connectivity index (χ4v) is 3.45. The average Bonchev–Trinajstić information content (AvgIpc) is 2.94. The van der Waals surface area contributed by atoms with Crippen LogP contribution < -0.4 is 0 Å². The summed E-state index contributed by atoms with van der Waals surface area (Å²) in [5, 5.41) is 22.8. The van der Waals surface area contributed by atoms with Crippen molar-refractivity contribution in [2.24, 2.45) is 0 Å². The topological polar surface area (TPSA) is 129 Å². The molecule has 4 rings (SSSR count). The van der Waals surface area contributed by atoms with Gasteiger partial charge in [0.05, 0.1) is 41.9 Å². The molecule has 0 bridgehead atoms. The van der Waals surface area contributed by atoms with Crippen LogP contribution in [0.25, 0.3) is 21.9 Å². The zero-order chi connectivity index (χ0) is 19.1. The Morgan fingerprint density at radius 1 is 1.19 bits per heavy atom. The highest BCUT2D eigenvalue weighted by Gasteiger charge is 2.26. The molecule has 0 radical (unpaired) electrons. The molecule has 1 aromatic carbocycles. The first-order valence-corrected chi connectivity index (χ1v) is 8.38. The molecule has 1 saturated heterocycles. The molecule has 140 valence electrons. The number of nitro benzene ring substituents is 2. The summed E-state index contributed by atoms with van der Waals surface area (Å²) in [4.78, 5) is 32.1. The van der Waals surface area contributed by atoms with E-state index in [1.165, 1.54) is 12.3 Å². The first kappa shape index (κ1) is 17.5. The Morgan fingerprint density at radius 2 is 1.93 bits per heavy atom. The summed E-state index contributed by atoms with van der Waals surface area (Å²) in [6.45, 7) is 3.22. The summed E-state index contributed by atoms with van der Waals surface area (Å²) >= 11 is 6.25. The van der Waals surface area contributed by atoms with E-state index in [2.05, 4.69) is 14.9 Å². The Kier molecular flexibility index (Phi) is 4.34. The molecule has 0 unspecified atom stereocenters. The molecular formula is C15H13ClN6O5. The monoisotopic (exact) mass is 392 g/mol. The fourth-order valence-electron chi connectivity index (χ4n) is 3.15. The lowest BCUT2D eigenvalue weighted by molar-refractivity contribution is -0.393. The largest absolute Gasteiger partial charge is 0.379 e. The van der Waals surface area contributed by atoms with Crippen LogP contribution in [-0.2, 0) is 11.3 Å². The second-order valence-electron chi connectivity index (χ2n) is 6.06. The van der Waals surface area contributed by atoms with Crippen LogP contribution in [0.4, 0.5) is 11.4 Å². The normalized spacial score (nSPS) is 15.4. The number of halogens is 1. The summed E-state index contributed by atoms with van der Waals surface area (Å²) < 4.78 is 6.38. The van der Waals surface area contributed by atoms with Crippen molar-refractivity contribution in [1.82, 2.24) is 19.0 Å². The lowest BCUT2D eigenvalue weighted by atomic mass is 10.2. The summed E-state index contributed by atoms with van der Waals surface area (Å²) in [5.41, 5.74) is -0.111. The van der Waals surface area contributed by atoms with Gasteiger partial charge in [0.15, 0.2) is 0 Å². The SMILES string of the molecule is O=[N+]([O-])c1cc([N+](=O)[O-])c2c(c1)c1nc(CN3CCOCC3)ncc1n2Cl. The van der Waals surface area contributed by atoms with Gasteiger partial charge in [-0.3, -0.25) is 25.1 Å². The van der Waals surface area contributed by atoms with Gasteiger partial charge in [-0.1, -0.05) is 0 Å². The minimum absolute atomic E-state index is 0.0556. The third-order valence-corrected chi connectivity index (χ3v) is 4.78. The zero-order valence-electron chi connectivity index (χ0n) is 13.9. The molecule has 1 fully saturated rings. The molecule has 3 heterocycles. The van der Waals surface area contributed by atoms with Crippen LogP contribution in [0, 0.1) is 20.2 Å². The Labute approximate surface area is 156 Å². The number of rotatable bonds is 4. The highest BCUT2D eigenvalue weighted by molar-refractivity contribution is 6.27. The first-order chi connectivity index (χ1) is 13.0. The maximum Gasteiger partial charge on any atom is 0.301 e. The Balaban J connectivity index is 1.90. The van der Waals surface area contributed by atoms with Crippen molar-refractivity contribution < 1.29 is 14.6 Å². The van der Waals surface area contributed by atoms with Crippen molar-refractivity contribution in [3.05, 3.63) is 44.4 Å². The predicted molar refractivity (Wildman–Crippen MR) is 95.7 cm³/mol. The van der Waals surface area contributed by atoms with Crippen LogP contribution in [0.3, 0.4) is 0 Å². The van der Waals surface area contributed by atoms with Crippen LogP contribution in [0.15, 0.2) is 18.3 Å². The summed E-state index contributed by atoms with van der Waals surface area (Å²) in [6, 6.07) is 2.14. The molecule has 1 aliphatic heterocycles. The lowest BCUT2D eigenvalue weighted by Gasteiger charge is -2.25. The maximum atomic E-state index is 11.4. The molecule has 0 spiro atoms. The smallest absolute Gasteiger partial charge is 0.301 e. The average molecular weight is 393 g/mol. The van der Waals surface area contributed by atoms with Crippen LogP contribution in [-0.4, -0.2) is 55.1 Å². The Bertz CT molecular complexity index is 1080. The number of hydrogen-bond acceptors (Lipinski definition) is 8. The van der Waals surface area contributed by atoms with Crippen molar-refractivity contribution in [2.75, 3.05) is 26.3 Å². The van der Waals surface area contributed by atoms with E-state index in [0.29, 0.717) is 36.6 Å². The minimum Gasteiger partial charge on any atom is -0.379 e. The fraction of sp³-hybridized carbons (Fsp3) is 0.333. The van der Waals surface area contributed by atoms with Crippen molar-refractivity contribution in [1.29, 1.82) is 0 Å². The highest BCUT2D eigenvalue weighted by atomic mass is 35.5. The minimum atomic E-state index is -0.699. The van der Waals surface area contributed by atoms with Crippen LogP contribution in [0.5, 0.6) is 0 Å². The van der Waals surface area contributed by atoms with E-state index >= 15 is 0 Å². The number of nitrogens with zero attached hydrogens (tertiary/aromatic N) is 6. The summed E-state index contributed by atoms with van der Waals surface area (Å²) in [5.74, 6) is 0.503. The molecule has 12 heteroatoms. The van der Waals surface area contributed by atoms with Crippen molar-refractivity contribution in [3.8, 4) is 0 Å². The van der Waals surface area contributed by atoms with E-state index in [4.69, 9.17) is 16.5 Å². The summed E-state index contributed by atoms with van der Waals surface area (Å²) in [7, 11) is 0. The number of hydrogen-bond donors (Lipinski definition) is 0. The molecule has 0 N–H and O–H groups in total. The van der Waals surface area contributed by atoms with Gasteiger partial charge in [0.2, 0.25) is 0 Å². The summed E-state index contributed by atoms with van der Waals surface area (Å²) in [6.07, 6.45) is 1.47. The van der Waals surface area contributed by atoms with E-state index < -0.39 is 21.2 Å². The van der Waals surface area contributed by atoms with Gasteiger partial charge >= 0.3 is 5.69 Å². The molecule has 27 heavy (non-hydrogen) atoms. The van der Waals surface area contributed by atoms with Gasteiger partial charge in [-0.2, -0.15) is 0 Å². The molecular weight excluding hydrogens is 380 g/mol. The highest BCUT2D eigenvalue weighted by Crippen LogP contribution is 2.37. The van der Waals surface area contributed by atoms with Gasteiger partial charge in [0.25, 0.3) is 5.69 Å². The zero-order valence-corrected chi connectivity index (χ0v) is 14.6. The van der Waals surface area contributed by atoms with Crippen LogP contribution in [0.2, 0.25) is 0 Å². The quantitative estimate of drug-likeness (QED) is 0.488. The second kappa shape index (κ2) is 6.68. The van der Waals surface area contributed by atoms with E-state index in [-0.39, 0.29) is 10.9 Å². The number of aromatic nitrogens is 3. The van der Waals surface area contributed by atoms with Gasteiger partial charge in [0, 0.05) is 36.3 Å². The van der Waals surface area contributed by atoms with E-state index in [9.17, 15) is 20.2 Å².